The molecular weight excluding hydrogens is 278 g/mol. The van der Waals surface area contributed by atoms with E-state index >= 15 is 0 Å². The van der Waals surface area contributed by atoms with Crippen molar-refractivity contribution in [3.63, 3.8) is 0 Å². The summed E-state index contributed by atoms with van der Waals surface area (Å²) in [5.41, 5.74) is 1.24. The number of nitrogens with one attached hydrogen (secondary N) is 2. The summed E-state index contributed by atoms with van der Waals surface area (Å²) in [6.07, 6.45) is 0.484. The minimum absolute atomic E-state index is 0.0306. The number of nitrogens with zero attached hydrogens (tertiary/aromatic N) is 1. The molecule has 1 fully saturated rings. The van der Waals surface area contributed by atoms with Crippen LogP contribution >= 0.6 is 0 Å². The van der Waals surface area contributed by atoms with Crippen LogP contribution < -0.4 is 10.6 Å². The number of pyridine rings is 1. The van der Waals surface area contributed by atoms with E-state index in [0.717, 1.165) is 12.2 Å². The first-order valence-corrected chi connectivity index (χ1v) is 8.45. The van der Waals surface area contributed by atoms with E-state index in [2.05, 4.69) is 15.6 Å². The maximum Gasteiger partial charge on any atom is 0.251 e. The highest BCUT2D eigenvalue weighted by atomic mass is 32.2. The van der Waals surface area contributed by atoms with E-state index in [1.165, 1.54) is 0 Å². The third-order valence-electron chi connectivity index (χ3n) is 3.14. The van der Waals surface area contributed by atoms with Crippen molar-refractivity contribution in [3.05, 3.63) is 23.4 Å². The summed E-state index contributed by atoms with van der Waals surface area (Å²) in [6.45, 7) is 4.49. The van der Waals surface area contributed by atoms with Gasteiger partial charge in [-0.3, -0.25) is 4.79 Å². The van der Waals surface area contributed by atoms with Crippen molar-refractivity contribution in [2.24, 2.45) is 0 Å². The highest BCUT2D eigenvalue weighted by Crippen LogP contribution is 2.14. The maximum absolute atomic E-state index is 12.2. The summed E-state index contributed by atoms with van der Waals surface area (Å²) in [5, 5.41) is 5.84. The predicted octanol–water partition coefficient (Wildman–Crippen LogP) is 0.739. The normalized spacial score (nSPS) is 20.6. The van der Waals surface area contributed by atoms with Crippen LogP contribution in [-0.2, 0) is 9.84 Å². The molecule has 0 radical (unpaired) electrons. The number of aryl methyl sites for hydroxylation is 1. The Kier molecular flexibility index (Phi) is 4.27. The number of anilines is 1. The highest BCUT2D eigenvalue weighted by Gasteiger charge is 2.29. The lowest BCUT2D eigenvalue weighted by atomic mass is 10.2. The standard InChI is InChI=1S/C13H19N3O3S/c1-3-14-12-7-10(6-9(2)15-12)13(17)16-11-4-5-20(18,19)8-11/h6-7,11H,3-5,8H2,1-2H3,(H,14,15)(H,16,17). The van der Waals surface area contributed by atoms with Crippen molar-refractivity contribution >= 4 is 21.6 Å². The molecule has 7 heteroatoms. The minimum Gasteiger partial charge on any atom is -0.370 e. The molecule has 0 aliphatic carbocycles. The molecule has 1 aromatic rings. The van der Waals surface area contributed by atoms with E-state index in [-0.39, 0.29) is 23.5 Å². The molecule has 0 bridgehead atoms. The van der Waals surface area contributed by atoms with Gasteiger partial charge in [-0.1, -0.05) is 0 Å². The van der Waals surface area contributed by atoms with Gasteiger partial charge < -0.3 is 10.6 Å². The zero-order chi connectivity index (χ0) is 14.8. The van der Waals surface area contributed by atoms with E-state index in [1.54, 1.807) is 12.1 Å². The minimum atomic E-state index is -2.99. The molecular formula is C13H19N3O3S. The molecule has 0 saturated carbocycles. The number of aromatic nitrogens is 1. The monoisotopic (exact) mass is 297 g/mol. The lowest BCUT2D eigenvalue weighted by molar-refractivity contribution is 0.0941. The largest absolute Gasteiger partial charge is 0.370 e. The summed E-state index contributed by atoms with van der Waals surface area (Å²) in [7, 11) is -2.99. The van der Waals surface area contributed by atoms with Crippen molar-refractivity contribution in [2.45, 2.75) is 26.3 Å². The molecule has 2 N–H and O–H groups in total. The summed E-state index contributed by atoms with van der Waals surface area (Å²) >= 11 is 0. The van der Waals surface area contributed by atoms with Crippen LogP contribution in [0, 0.1) is 6.92 Å². The third-order valence-corrected chi connectivity index (χ3v) is 4.91. The fraction of sp³-hybridized carbons (Fsp3) is 0.538. The van der Waals surface area contributed by atoms with Gasteiger partial charge in [0.05, 0.1) is 11.5 Å². The average Bonchev–Trinajstić information content (AvgIpc) is 2.68. The van der Waals surface area contributed by atoms with Gasteiger partial charge in [0.15, 0.2) is 9.84 Å². The number of sulfone groups is 1. The van der Waals surface area contributed by atoms with Crippen molar-refractivity contribution in [1.29, 1.82) is 0 Å². The zero-order valence-electron chi connectivity index (χ0n) is 11.6. The number of carbonyl (C=O) groups excluding carboxylic acids is 1. The molecule has 20 heavy (non-hydrogen) atoms. The first-order valence-electron chi connectivity index (χ1n) is 6.63. The number of rotatable bonds is 4. The van der Waals surface area contributed by atoms with Crippen LogP contribution in [0.3, 0.4) is 0 Å². The molecule has 1 aliphatic rings. The van der Waals surface area contributed by atoms with Crippen molar-refractivity contribution in [3.8, 4) is 0 Å². The molecule has 1 atom stereocenters. The van der Waals surface area contributed by atoms with E-state index in [1.807, 2.05) is 13.8 Å². The Balaban J connectivity index is 2.09. The first kappa shape index (κ1) is 14.8. The number of hydrogen-bond acceptors (Lipinski definition) is 5. The van der Waals surface area contributed by atoms with E-state index in [4.69, 9.17) is 0 Å². The lowest BCUT2D eigenvalue weighted by Gasteiger charge is -2.12. The second-order valence-electron chi connectivity index (χ2n) is 4.99. The van der Waals surface area contributed by atoms with Crippen LogP contribution in [0.4, 0.5) is 5.82 Å². The second-order valence-corrected chi connectivity index (χ2v) is 7.21. The van der Waals surface area contributed by atoms with Crippen molar-refractivity contribution in [1.82, 2.24) is 10.3 Å². The van der Waals surface area contributed by atoms with E-state index in [0.29, 0.717) is 17.8 Å². The fourth-order valence-electron chi connectivity index (χ4n) is 2.25. The molecule has 1 aliphatic heterocycles. The molecule has 1 amide bonds. The molecule has 2 heterocycles. The summed E-state index contributed by atoms with van der Waals surface area (Å²) < 4.78 is 22.8. The van der Waals surface area contributed by atoms with Gasteiger partial charge >= 0.3 is 0 Å². The third kappa shape index (κ3) is 3.69. The molecule has 1 aromatic heterocycles. The maximum atomic E-state index is 12.2. The Labute approximate surface area is 118 Å². The molecule has 0 spiro atoms. The van der Waals surface area contributed by atoms with Crippen molar-refractivity contribution < 1.29 is 13.2 Å². The molecule has 2 rings (SSSR count). The Morgan fingerprint density at radius 2 is 2.20 bits per heavy atom. The lowest BCUT2D eigenvalue weighted by Crippen LogP contribution is -2.35. The Hall–Kier alpha value is -1.63. The molecule has 1 saturated heterocycles. The average molecular weight is 297 g/mol. The van der Waals surface area contributed by atoms with Crippen LogP contribution in [0.5, 0.6) is 0 Å². The van der Waals surface area contributed by atoms with Gasteiger partial charge in [-0.15, -0.1) is 0 Å². The Morgan fingerprint density at radius 1 is 1.45 bits per heavy atom. The smallest absolute Gasteiger partial charge is 0.251 e. The van der Waals surface area contributed by atoms with Crippen LogP contribution in [0.25, 0.3) is 0 Å². The topological polar surface area (TPSA) is 88.2 Å². The Morgan fingerprint density at radius 3 is 2.80 bits per heavy atom. The zero-order valence-corrected chi connectivity index (χ0v) is 12.5. The van der Waals surface area contributed by atoms with Gasteiger partial charge in [-0.25, -0.2) is 13.4 Å². The summed E-state index contributed by atoms with van der Waals surface area (Å²) in [4.78, 5) is 16.4. The molecule has 110 valence electrons. The van der Waals surface area contributed by atoms with E-state index in [9.17, 15) is 13.2 Å². The van der Waals surface area contributed by atoms with Crippen LogP contribution in [-0.4, -0.2) is 43.4 Å². The van der Waals surface area contributed by atoms with Crippen molar-refractivity contribution in [2.75, 3.05) is 23.4 Å². The predicted molar refractivity (Wildman–Crippen MR) is 77.7 cm³/mol. The van der Waals surface area contributed by atoms with E-state index < -0.39 is 9.84 Å². The quantitative estimate of drug-likeness (QED) is 0.855. The first-order chi connectivity index (χ1) is 9.39. The fourth-order valence-corrected chi connectivity index (χ4v) is 3.92. The van der Waals surface area contributed by atoms with Gasteiger partial charge in [-0.05, 0) is 32.4 Å². The Bertz CT molecular complexity index is 613. The SMILES string of the molecule is CCNc1cc(C(=O)NC2CCS(=O)(=O)C2)cc(C)n1. The summed E-state index contributed by atoms with van der Waals surface area (Å²) in [5.74, 6) is 0.576. The van der Waals surface area contributed by atoms with Gasteiger partial charge in [0.1, 0.15) is 5.82 Å². The van der Waals surface area contributed by atoms with Gasteiger partial charge in [0.25, 0.3) is 5.91 Å². The number of carbonyl (C=O) groups is 1. The van der Waals surface area contributed by atoms with Gasteiger partial charge in [0, 0.05) is 23.8 Å². The van der Waals surface area contributed by atoms with Gasteiger partial charge in [0.2, 0.25) is 0 Å². The van der Waals surface area contributed by atoms with Crippen LogP contribution in [0.1, 0.15) is 29.4 Å². The molecule has 0 aromatic carbocycles. The summed E-state index contributed by atoms with van der Waals surface area (Å²) in [6, 6.07) is 3.08. The number of hydrogen-bond donors (Lipinski definition) is 2. The molecule has 1 unspecified atom stereocenters. The second kappa shape index (κ2) is 5.78. The number of amides is 1. The van der Waals surface area contributed by atoms with Crippen LogP contribution in [0.2, 0.25) is 0 Å². The highest BCUT2D eigenvalue weighted by molar-refractivity contribution is 7.91. The molecule has 6 nitrogen and oxygen atoms in total. The van der Waals surface area contributed by atoms with Crippen LogP contribution in [0.15, 0.2) is 12.1 Å². The van der Waals surface area contributed by atoms with Gasteiger partial charge in [-0.2, -0.15) is 0 Å².